The molecule has 23 heavy (non-hydrogen) atoms. The summed E-state index contributed by atoms with van der Waals surface area (Å²) in [5, 5.41) is 4.69. The van der Waals surface area contributed by atoms with Crippen LogP contribution in [0.5, 0.6) is 0 Å². The normalized spacial score (nSPS) is 30.6. The van der Waals surface area contributed by atoms with Crippen LogP contribution in [0.4, 0.5) is 0 Å². The number of likely N-dealkylation sites (tertiary alicyclic amines) is 1. The van der Waals surface area contributed by atoms with Gasteiger partial charge in [-0.3, -0.25) is 0 Å². The second-order valence-corrected chi connectivity index (χ2v) is 9.92. The third kappa shape index (κ3) is 4.03. The highest BCUT2D eigenvalue weighted by atomic mass is 32.2. The van der Waals surface area contributed by atoms with E-state index < -0.39 is 9.84 Å². The second-order valence-electron chi connectivity index (χ2n) is 7.32. The molecule has 2 saturated heterocycles. The van der Waals surface area contributed by atoms with Gasteiger partial charge in [-0.15, -0.1) is 0 Å². The minimum atomic E-state index is -2.83. The fourth-order valence-electron chi connectivity index (χ4n) is 3.64. The van der Waals surface area contributed by atoms with Gasteiger partial charge in [-0.25, -0.2) is 8.42 Å². The molecule has 1 N–H and O–H groups in total. The van der Waals surface area contributed by atoms with Crippen LogP contribution in [0.2, 0.25) is 0 Å². The van der Waals surface area contributed by atoms with Gasteiger partial charge in [-0.1, -0.05) is 6.92 Å². The van der Waals surface area contributed by atoms with Gasteiger partial charge in [0.1, 0.15) is 5.82 Å². The molecule has 0 bridgehead atoms. The Hall–Kier alpha value is -0.730. The van der Waals surface area contributed by atoms with Gasteiger partial charge in [0.25, 0.3) is 0 Å². The standard InChI is InChI=1S/C15H26N4O2S2/c1-12-3-6-18(7-4-12)11-19-15(22)17(2)14(16-19)9-13-5-8-23(20,21)10-13/h12-13H,3-11H2,1-2H3/p+1/t13-/m0/s1. The zero-order valence-electron chi connectivity index (χ0n) is 14.0. The number of quaternary nitrogens is 1. The first-order chi connectivity index (χ1) is 10.8. The summed E-state index contributed by atoms with van der Waals surface area (Å²) in [6.45, 7) is 5.49. The van der Waals surface area contributed by atoms with Crippen LogP contribution in [0.25, 0.3) is 0 Å². The van der Waals surface area contributed by atoms with E-state index in [1.165, 1.54) is 30.8 Å². The fourth-order valence-corrected chi connectivity index (χ4v) is 5.72. The maximum Gasteiger partial charge on any atom is 0.202 e. The van der Waals surface area contributed by atoms with Crippen molar-refractivity contribution in [1.82, 2.24) is 14.3 Å². The molecule has 0 radical (unpaired) electrons. The Bertz CT molecular complexity index is 714. The monoisotopic (exact) mass is 359 g/mol. The highest BCUT2D eigenvalue weighted by molar-refractivity contribution is 7.91. The molecular weight excluding hydrogens is 332 g/mol. The van der Waals surface area contributed by atoms with Gasteiger partial charge in [0.2, 0.25) is 4.77 Å². The van der Waals surface area contributed by atoms with E-state index in [2.05, 4.69) is 6.92 Å². The van der Waals surface area contributed by atoms with Crippen molar-refractivity contribution >= 4 is 22.1 Å². The SMILES string of the molecule is CC1CC[NH+](Cn2nc(C[C@@H]3CCS(=O)(=O)C3)n(C)c2=S)CC1. The lowest BCUT2D eigenvalue weighted by atomic mass is 10.00. The molecule has 1 aromatic rings. The van der Waals surface area contributed by atoms with Crippen molar-refractivity contribution in [2.45, 2.75) is 39.3 Å². The average Bonchev–Trinajstić information content (AvgIpc) is 2.96. The molecule has 0 aliphatic carbocycles. The third-order valence-electron chi connectivity index (χ3n) is 5.28. The van der Waals surface area contributed by atoms with E-state index in [1.54, 1.807) is 0 Å². The van der Waals surface area contributed by atoms with Crippen LogP contribution in [0.1, 0.15) is 32.0 Å². The van der Waals surface area contributed by atoms with Crippen molar-refractivity contribution in [3.63, 3.8) is 0 Å². The molecule has 0 amide bonds. The highest BCUT2D eigenvalue weighted by Crippen LogP contribution is 2.22. The lowest BCUT2D eigenvalue weighted by molar-refractivity contribution is -0.929. The molecule has 0 unspecified atom stereocenters. The van der Waals surface area contributed by atoms with E-state index in [9.17, 15) is 8.42 Å². The summed E-state index contributed by atoms with van der Waals surface area (Å²) in [5.41, 5.74) is 0. The summed E-state index contributed by atoms with van der Waals surface area (Å²) in [6, 6.07) is 0. The minimum absolute atomic E-state index is 0.187. The van der Waals surface area contributed by atoms with Gasteiger partial charge in [0.15, 0.2) is 16.5 Å². The Morgan fingerprint density at radius 3 is 2.61 bits per heavy atom. The summed E-state index contributed by atoms with van der Waals surface area (Å²) in [4.78, 5) is 1.53. The van der Waals surface area contributed by atoms with Crippen LogP contribution in [-0.2, 0) is 30.0 Å². The molecular formula is C15H27N4O2S2+. The molecule has 1 atom stereocenters. The summed E-state index contributed by atoms with van der Waals surface area (Å²) >= 11 is 5.52. The molecule has 0 spiro atoms. The number of piperidine rings is 1. The molecule has 2 aliphatic rings. The fraction of sp³-hybridized carbons (Fsp3) is 0.867. The zero-order valence-corrected chi connectivity index (χ0v) is 15.6. The summed E-state index contributed by atoms with van der Waals surface area (Å²) in [7, 11) is -0.891. The summed E-state index contributed by atoms with van der Waals surface area (Å²) in [5.74, 6) is 2.55. The smallest absolute Gasteiger partial charge is 0.202 e. The molecule has 2 aliphatic heterocycles. The zero-order chi connectivity index (χ0) is 16.6. The molecule has 3 rings (SSSR count). The number of hydrogen-bond acceptors (Lipinski definition) is 4. The first-order valence-electron chi connectivity index (χ1n) is 8.51. The van der Waals surface area contributed by atoms with Crippen LogP contribution in [-0.4, -0.2) is 47.4 Å². The van der Waals surface area contributed by atoms with E-state index in [4.69, 9.17) is 17.3 Å². The minimum Gasteiger partial charge on any atom is -0.316 e. The van der Waals surface area contributed by atoms with Crippen LogP contribution in [0, 0.1) is 16.6 Å². The molecule has 130 valence electrons. The summed E-state index contributed by atoms with van der Waals surface area (Å²) < 4.78 is 27.9. The Morgan fingerprint density at radius 1 is 1.30 bits per heavy atom. The van der Waals surface area contributed by atoms with Gasteiger partial charge in [-0.05, 0) is 43.3 Å². The Morgan fingerprint density at radius 2 is 2.00 bits per heavy atom. The van der Waals surface area contributed by atoms with Gasteiger partial charge in [-0.2, -0.15) is 9.78 Å². The average molecular weight is 360 g/mol. The predicted octanol–water partition coefficient (Wildman–Crippen LogP) is 0.201. The molecule has 2 fully saturated rings. The molecule has 1 aromatic heterocycles. The van der Waals surface area contributed by atoms with Crippen LogP contribution in [0.15, 0.2) is 0 Å². The van der Waals surface area contributed by atoms with E-state index >= 15 is 0 Å². The molecule has 0 saturated carbocycles. The van der Waals surface area contributed by atoms with E-state index in [0.29, 0.717) is 17.9 Å². The van der Waals surface area contributed by atoms with E-state index in [0.717, 1.165) is 29.6 Å². The third-order valence-corrected chi connectivity index (χ3v) is 7.61. The Labute approximate surface area is 143 Å². The first kappa shape index (κ1) is 17.1. The van der Waals surface area contributed by atoms with Gasteiger partial charge >= 0.3 is 0 Å². The van der Waals surface area contributed by atoms with Gasteiger partial charge in [0, 0.05) is 13.5 Å². The summed E-state index contributed by atoms with van der Waals surface area (Å²) in [6.07, 6.45) is 3.99. The maximum atomic E-state index is 11.6. The molecule has 0 aromatic carbocycles. The van der Waals surface area contributed by atoms with Crippen LogP contribution < -0.4 is 4.90 Å². The van der Waals surface area contributed by atoms with Crippen molar-refractivity contribution < 1.29 is 13.3 Å². The quantitative estimate of drug-likeness (QED) is 0.780. The number of nitrogens with zero attached hydrogens (tertiary/aromatic N) is 3. The van der Waals surface area contributed by atoms with E-state index in [-0.39, 0.29) is 5.92 Å². The lowest BCUT2D eigenvalue weighted by Crippen LogP contribution is -3.12. The predicted molar refractivity (Wildman–Crippen MR) is 91.6 cm³/mol. The number of sulfone groups is 1. The van der Waals surface area contributed by atoms with Crippen molar-refractivity contribution in [2.24, 2.45) is 18.9 Å². The number of rotatable bonds is 4. The second kappa shape index (κ2) is 6.64. The molecule has 8 heteroatoms. The van der Waals surface area contributed by atoms with Crippen molar-refractivity contribution in [1.29, 1.82) is 0 Å². The molecule has 3 heterocycles. The van der Waals surface area contributed by atoms with Crippen LogP contribution in [0.3, 0.4) is 0 Å². The Balaban J connectivity index is 1.68. The van der Waals surface area contributed by atoms with Crippen molar-refractivity contribution in [3.8, 4) is 0 Å². The number of aromatic nitrogens is 3. The van der Waals surface area contributed by atoms with E-state index in [1.807, 2.05) is 16.3 Å². The maximum absolute atomic E-state index is 11.6. The molecule has 6 nitrogen and oxygen atoms in total. The largest absolute Gasteiger partial charge is 0.316 e. The first-order valence-corrected chi connectivity index (χ1v) is 10.7. The van der Waals surface area contributed by atoms with Crippen molar-refractivity contribution in [3.05, 3.63) is 10.6 Å². The Kier molecular flexibility index (Phi) is 4.94. The number of hydrogen-bond donors (Lipinski definition) is 1. The lowest BCUT2D eigenvalue weighted by Gasteiger charge is -2.26. The van der Waals surface area contributed by atoms with Gasteiger partial charge < -0.3 is 9.47 Å². The van der Waals surface area contributed by atoms with Gasteiger partial charge in [0.05, 0.1) is 24.6 Å². The van der Waals surface area contributed by atoms with Crippen molar-refractivity contribution in [2.75, 3.05) is 24.6 Å². The highest BCUT2D eigenvalue weighted by Gasteiger charge is 2.29. The topological polar surface area (TPSA) is 61.3 Å². The van der Waals surface area contributed by atoms with Crippen LogP contribution >= 0.6 is 12.2 Å². The number of nitrogens with one attached hydrogen (secondary N) is 1.